The van der Waals surface area contributed by atoms with Crippen molar-refractivity contribution in [1.29, 1.82) is 0 Å². The average molecular weight is 527 g/mol. The maximum absolute atomic E-state index is 13.3. The van der Waals surface area contributed by atoms with Crippen LogP contribution in [0.4, 0.5) is 11.6 Å². The lowest BCUT2D eigenvalue weighted by Crippen LogP contribution is -2.16. The summed E-state index contributed by atoms with van der Waals surface area (Å²) < 4.78 is 40.6. The minimum absolute atomic E-state index is 0.0860. The van der Waals surface area contributed by atoms with Gasteiger partial charge in [0.2, 0.25) is 5.95 Å². The van der Waals surface area contributed by atoms with E-state index in [1.165, 1.54) is 31.4 Å². The molecule has 0 spiro atoms. The molecule has 38 heavy (non-hydrogen) atoms. The summed E-state index contributed by atoms with van der Waals surface area (Å²) in [6.07, 6.45) is 0. The third kappa shape index (κ3) is 4.20. The molecule has 0 unspecified atom stereocenters. The number of furan rings is 1. The molecule has 0 saturated heterocycles. The third-order valence-corrected chi connectivity index (χ3v) is 7.58. The first kappa shape index (κ1) is 23.6. The van der Waals surface area contributed by atoms with Crippen LogP contribution in [0.5, 0.6) is 5.75 Å². The highest BCUT2D eigenvalue weighted by Crippen LogP contribution is 2.37. The van der Waals surface area contributed by atoms with Crippen molar-refractivity contribution in [3.63, 3.8) is 0 Å². The Balaban J connectivity index is 1.29. The molecule has 0 saturated carbocycles. The number of aryl methyl sites for hydroxylation is 1. The molecular formula is C28H22N4O5S. The Kier molecular flexibility index (Phi) is 5.54. The standard InChI is InChI=1S/C28H22N4O5S/c1-16-10-11-21-22(12-16)30-28(29-21)31-27(33)17-6-5-7-18(13-17)38(34,35)32-23-15-25-20(14-26(23)36-2)19-8-3-4-9-24(19)37-25/h3-15,32H,1-2H3,(H2,29,30,31,33). The molecule has 3 N–H and O–H groups in total. The molecule has 9 nitrogen and oxygen atoms in total. The molecule has 0 bridgehead atoms. The highest BCUT2D eigenvalue weighted by Gasteiger charge is 2.21. The number of imidazole rings is 1. The number of hydrogen-bond acceptors (Lipinski definition) is 6. The highest BCUT2D eigenvalue weighted by molar-refractivity contribution is 7.92. The number of para-hydroxylation sites is 1. The van der Waals surface area contributed by atoms with Gasteiger partial charge in [-0.05, 0) is 55.0 Å². The first-order valence-electron chi connectivity index (χ1n) is 11.7. The number of aromatic amines is 1. The van der Waals surface area contributed by atoms with Gasteiger partial charge in [-0.1, -0.05) is 30.3 Å². The van der Waals surface area contributed by atoms with E-state index < -0.39 is 15.9 Å². The predicted octanol–water partition coefficient (Wildman–Crippen LogP) is 5.83. The smallest absolute Gasteiger partial charge is 0.262 e. The monoisotopic (exact) mass is 526 g/mol. The van der Waals surface area contributed by atoms with E-state index in [1.807, 2.05) is 49.4 Å². The Bertz CT molecular complexity index is 1970. The number of hydrogen-bond donors (Lipinski definition) is 3. The van der Waals surface area contributed by atoms with Crippen molar-refractivity contribution in [2.45, 2.75) is 11.8 Å². The molecule has 0 aliphatic carbocycles. The van der Waals surface area contributed by atoms with E-state index in [9.17, 15) is 13.2 Å². The topological polar surface area (TPSA) is 126 Å². The van der Waals surface area contributed by atoms with E-state index in [0.29, 0.717) is 22.4 Å². The van der Waals surface area contributed by atoms with Crippen LogP contribution in [0.3, 0.4) is 0 Å². The number of anilines is 2. The number of fused-ring (bicyclic) bond motifs is 4. The van der Waals surface area contributed by atoms with Gasteiger partial charge in [0.15, 0.2) is 0 Å². The molecule has 0 atom stereocenters. The minimum Gasteiger partial charge on any atom is -0.495 e. The first-order valence-corrected chi connectivity index (χ1v) is 13.2. The third-order valence-electron chi connectivity index (χ3n) is 6.22. The van der Waals surface area contributed by atoms with E-state index in [-0.39, 0.29) is 22.1 Å². The van der Waals surface area contributed by atoms with Crippen LogP contribution >= 0.6 is 0 Å². The minimum atomic E-state index is -4.07. The molecule has 6 rings (SSSR count). The first-order chi connectivity index (χ1) is 18.3. The molecule has 190 valence electrons. The van der Waals surface area contributed by atoms with Crippen LogP contribution in [0.15, 0.2) is 88.2 Å². The van der Waals surface area contributed by atoms with Crippen LogP contribution < -0.4 is 14.8 Å². The van der Waals surface area contributed by atoms with Crippen molar-refractivity contribution >= 4 is 60.5 Å². The lowest BCUT2D eigenvalue weighted by Gasteiger charge is -2.12. The van der Waals surface area contributed by atoms with Crippen LogP contribution in [-0.4, -0.2) is 31.4 Å². The predicted molar refractivity (Wildman–Crippen MR) is 146 cm³/mol. The second-order valence-electron chi connectivity index (χ2n) is 8.84. The fraction of sp³-hybridized carbons (Fsp3) is 0.0714. The number of nitrogens with zero attached hydrogens (tertiary/aromatic N) is 1. The fourth-order valence-electron chi connectivity index (χ4n) is 4.37. The molecule has 6 aromatic rings. The Morgan fingerprint density at radius 3 is 2.63 bits per heavy atom. The molecule has 1 amide bonds. The van der Waals surface area contributed by atoms with Crippen LogP contribution in [0.2, 0.25) is 0 Å². The van der Waals surface area contributed by atoms with Crippen LogP contribution in [0.1, 0.15) is 15.9 Å². The van der Waals surface area contributed by atoms with E-state index in [0.717, 1.165) is 21.9 Å². The summed E-state index contributed by atoms with van der Waals surface area (Å²) >= 11 is 0. The normalized spacial score (nSPS) is 11.7. The Hall–Kier alpha value is -4.83. The lowest BCUT2D eigenvalue weighted by atomic mass is 10.1. The molecule has 0 radical (unpaired) electrons. The number of carbonyl (C=O) groups excluding carboxylic acids is 1. The Morgan fingerprint density at radius 2 is 1.79 bits per heavy atom. The summed E-state index contributed by atoms with van der Waals surface area (Å²) in [5, 5.41) is 4.40. The van der Waals surface area contributed by atoms with Crippen molar-refractivity contribution in [3.05, 3.63) is 90.0 Å². The molecule has 0 fully saturated rings. The summed E-state index contributed by atoms with van der Waals surface area (Å²) in [5.74, 6) is 0.103. The molecule has 0 aliphatic heterocycles. The summed E-state index contributed by atoms with van der Waals surface area (Å²) in [6, 6.07) is 22.3. The van der Waals surface area contributed by atoms with Gasteiger partial charge in [0.1, 0.15) is 16.9 Å². The van der Waals surface area contributed by atoms with E-state index in [2.05, 4.69) is 20.0 Å². The number of sulfonamides is 1. The van der Waals surface area contributed by atoms with Gasteiger partial charge in [-0.25, -0.2) is 13.4 Å². The fourth-order valence-corrected chi connectivity index (χ4v) is 5.48. The van der Waals surface area contributed by atoms with Crippen molar-refractivity contribution in [2.24, 2.45) is 0 Å². The number of methoxy groups -OCH3 is 1. The van der Waals surface area contributed by atoms with Gasteiger partial charge in [0.05, 0.1) is 28.7 Å². The van der Waals surface area contributed by atoms with E-state index >= 15 is 0 Å². The van der Waals surface area contributed by atoms with Crippen LogP contribution in [0, 0.1) is 6.92 Å². The lowest BCUT2D eigenvalue weighted by molar-refractivity contribution is 0.102. The summed E-state index contributed by atoms with van der Waals surface area (Å²) in [7, 11) is -2.61. The van der Waals surface area contributed by atoms with Gasteiger partial charge in [0.25, 0.3) is 15.9 Å². The van der Waals surface area contributed by atoms with Crippen molar-refractivity contribution in [3.8, 4) is 5.75 Å². The van der Waals surface area contributed by atoms with Gasteiger partial charge >= 0.3 is 0 Å². The van der Waals surface area contributed by atoms with E-state index in [4.69, 9.17) is 9.15 Å². The molecular weight excluding hydrogens is 504 g/mol. The number of amides is 1. The summed E-state index contributed by atoms with van der Waals surface area (Å²) in [6.45, 7) is 1.96. The number of nitrogens with one attached hydrogen (secondary N) is 3. The quantitative estimate of drug-likeness (QED) is 0.251. The molecule has 2 aromatic heterocycles. The summed E-state index contributed by atoms with van der Waals surface area (Å²) in [5.41, 5.74) is 4.12. The van der Waals surface area contributed by atoms with Crippen molar-refractivity contribution < 1.29 is 22.4 Å². The SMILES string of the molecule is COc1cc2c(cc1NS(=O)(=O)c1cccc(C(=O)Nc3nc4ccc(C)cc4[nH]3)c1)oc1ccccc12. The number of aromatic nitrogens is 2. The average Bonchev–Trinajstić information content (AvgIpc) is 3.47. The molecule has 10 heteroatoms. The number of H-pyrrole nitrogens is 1. The number of carbonyl (C=O) groups is 1. The van der Waals surface area contributed by atoms with Gasteiger partial charge < -0.3 is 14.1 Å². The van der Waals surface area contributed by atoms with Gasteiger partial charge in [-0.15, -0.1) is 0 Å². The highest BCUT2D eigenvalue weighted by atomic mass is 32.2. The number of ether oxygens (including phenoxy) is 1. The molecule has 4 aromatic carbocycles. The summed E-state index contributed by atoms with van der Waals surface area (Å²) in [4.78, 5) is 20.2. The second-order valence-corrected chi connectivity index (χ2v) is 10.5. The van der Waals surface area contributed by atoms with Crippen molar-refractivity contribution in [1.82, 2.24) is 9.97 Å². The Morgan fingerprint density at radius 1 is 0.947 bits per heavy atom. The van der Waals surface area contributed by atoms with Crippen LogP contribution in [0.25, 0.3) is 33.0 Å². The van der Waals surface area contributed by atoms with Gasteiger partial charge in [0, 0.05) is 22.4 Å². The van der Waals surface area contributed by atoms with Gasteiger partial charge in [-0.3, -0.25) is 14.8 Å². The number of benzene rings is 4. The maximum Gasteiger partial charge on any atom is 0.262 e. The maximum atomic E-state index is 13.3. The molecule has 2 heterocycles. The van der Waals surface area contributed by atoms with Crippen molar-refractivity contribution in [2.75, 3.05) is 17.1 Å². The largest absolute Gasteiger partial charge is 0.495 e. The zero-order chi connectivity index (χ0) is 26.4. The van der Waals surface area contributed by atoms with E-state index in [1.54, 1.807) is 12.1 Å². The molecule has 0 aliphatic rings. The Labute approximate surface area is 217 Å². The zero-order valence-corrected chi connectivity index (χ0v) is 21.2. The zero-order valence-electron chi connectivity index (χ0n) is 20.4. The van der Waals surface area contributed by atoms with Gasteiger partial charge in [-0.2, -0.15) is 0 Å². The second kappa shape index (κ2) is 8.93. The van der Waals surface area contributed by atoms with Crippen LogP contribution in [-0.2, 0) is 10.0 Å². The number of rotatable bonds is 6.